The molecule has 76 valence electrons. The summed E-state index contributed by atoms with van der Waals surface area (Å²) in [5.41, 5.74) is 5.49. The lowest BCUT2D eigenvalue weighted by molar-refractivity contribution is 0.333. The summed E-state index contributed by atoms with van der Waals surface area (Å²) in [5, 5.41) is 0. The molecule has 1 aromatic heterocycles. The topological polar surface area (TPSA) is 55.0 Å². The Morgan fingerprint density at radius 3 is 2.50 bits per heavy atom. The van der Waals surface area contributed by atoms with Crippen LogP contribution < -0.4 is 10.6 Å². The van der Waals surface area contributed by atoms with Gasteiger partial charge >= 0.3 is 0 Å². The second-order valence-electron chi connectivity index (χ2n) is 3.29. The van der Waals surface area contributed by atoms with Gasteiger partial charge in [-0.2, -0.15) is 0 Å². The molecule has 0 aliphatic carbocycles. The highest BCUT2D eigenvalue weighted by molar-refractivity contribution is 5.32. The molecule has 0 amide bonds. The van der Waals surface area contributed by atoms with Crippen LogP contribution in [-0.4, -0.2) is 35.3 Å². The Hall–Kier alpha value is -1.30. The van der Waals surface area contributed by atoms with Crippen molar-refractivity contribution in [2.24, 2.45) is 5.73 Å². The SMILES string of the molecule is N[C@H]1CN(c2ncc(F)cn2)C[C@@H]1F. The molecule has 0 saturated carbocycles. The minimum atomic E-state index is -1.07. The molecule has 4 nitrogen and oxygen atoms in total. The largest absolute Gasteiger partial charge is 0.336 e. The van der Waals surface area contributed by atoms with Crippen molar-refractivity contribution >= 4 is 5.95 Å². The summed E-state index contributed by atoms with van der Waals surface area (Å²) in [7, 11) is 0. The summed E-state index contributed by atoms with van der Waals surface area (Å²) in [6.07, 6.45) is 1.04. The van der Waals surface area contributed by atoms with E-state index in [0.29, 0.717) is 12.5 Å². The van der Waals surface area contributed by atoms with Gasteiger partial charge in [-0.25, -0.2) is 18.7 Å². The number of nitrogens with zero attached hydrogens (tertiary/aromatic N) is 3. The van der Waals surface area contributed by atoms with Crippen molar-refractivity contribution in [1.29, 1.82) is 0 Å². The van der Waals surface area contributed by atoms with E-state index in [0.717, 1.165) is 12.4 Å². The average molecular weight is 200 g/mol. The molecule has 2 rings (SSSR count). The molecule has 2 atom stereocenters. The third-order valence-electron chi connectivity index (χ3n) is 2.18. The third kappa shape index (κ3) is 1.65. The molecule has 0 bridgehead atoms. The Kier molecular flexibility index (Phi) is 2.28. The van der Waals surface area contributed by atoms with Crippen molar-refractivity contribution in [3.8, 4) is 0 Å². The minimum Gasteiger partial charge on any atom is -0.336 e. The number of aromatic nitrogens is 2. The second kappa shape index (κ2) is 3.45. The van der Waals surface area contributed by atoms with Crippen molar-refractivity contribution in [2.75, 3.05) is 18.0 Å². The van der Waals surface area contributed by atoms with Crippen LogP contribution in [0.25, 0.3) is 0 Å². The van der Waals surface area contributed by atoms with Crippen LogP contribution in [0.5, 0.6) is 0 Å². The number of nitrogens with two attached hydrogens (primary N) is 1. The standard InChI is InChI=1S/C8H10F2N4/c9-5-1-12-8(13-2-5)14-3-6(10)7(11)4-14/h1-2,6-7H,3-4,11H2/t6-,7-/m0/s1. The lowest BCUT2D eigenvalue weighted by Gasteiger charge is -2.13. The molecular weight excluding hydrogens is 190 g/mol. The highest BCUT2D eigenvalue weighted by atomic mass is 19.1. The van der Waals surface area contributed by atoms with Crippen molar-refractivity contribution in [3.05, 3.63) is 18.2 Å². The Bertz CT molecular complexity index is 306. The van der Waals surface area contributed by atoms with Gasteiger partial charge in [0.25, 0.3) is 0 Å². The normalized spacial score (nSPS) is 26.9. The Labute approximate surface area is 79.8 Å². The van der Waals surface area contributed by atoms with Gasteiger partial charge in [0, 0.05) is 6.54 Å². The van der Waals surface area contributed by atoms with E-state index in [1.807, 2.05) is 0 Å². The van der Waals surface area contributed by atoms with Gasteiger partial charge in [-0.3, -0.25) is 0 Å². The molecule has 6 heteroatoms. The summed E-state index contributed by atoms with van der Waals surface area (Å²) in [5.74, 6) is -0.184. The molecule has 1 fully saturated rings. The lowest BCUT2D eigenvalue weighted by Crippen LogP contribution is -2.30. The molecular formula is C8H10F2N4. The molecule has 1 aromatic rings. The summed E-state index contributed by atoms with van der Waals surface area (Å²) in [6, 6.07) is -0.511. The van der Waals surface area contributed by atoms with Gasteiger partial charge in [-0.15, -0.1) is 0 Å². The summed E-state index contributed by atoms with van der Waals surface area (Å²) in [6.45, 7) is 0.541. The number of anilines is 1. The van der Waals surface area contributed by atoms with Gasteiger partial charge in [-0.1, -0.05) is 0 Å². The zero-order chi connectivity index (χ0) is 10.1. The van der Waals surface area contributed by atoms with E-state index in [-0.39, 0.29) is 6.54 Å². The van der Waals surface area contributed by atoms with E-state index in [9.17, 15) is 8.78 Å². The van der Waals surface area contributed by atoms with Gasteiger partial charge in [-0.05, 0) is 0 Å². The third-order valence-corrected chi connectivity index (χ3v) is 2.18. The van der Waals surface area contributed by atoms with E-state index in [1.54, 1.807) is 4.90 Å². The molecule has 0 aromatic carbocycles. The molecule has 1 saturated heterocycles. The van der Waals surface area contributed by atoms with Gasteiger partial charge in [0.05, 0.1) is 25.0 Å². The van der Waals surface area contributed by atoms with Crippen molar-refractivity contribution < 1.29 is 8.78 Å². The van der Waals surface area contributed by atoms with Crippen LogP contribution in [0.3, 0.4) is 0 Å². The predicted octanol–water partition coefficient (Wildman–Crippen LogP) is 0.101. The van der Waals surface area contributed by atoms with E-state index < -0.39 is 18.0 Å². The molecule has 0 radical (unpaired) electrons. The van der Waals surface area contributed by atoms with Gasteiger partial charge in [0.1, 0.15) is 6.17 Å². The molecule has 2 heterocycles. The predicted molar refractivity (Wildman–Crippen MR) is 47.1 cm³/mol. The zero-order valence-electron chi connectivity index (χ0n) is 7.40. The molecule has 14 heavy (non-hydrogen) atoms. The highest BCUT2D eigenvalue weighted by Crippen LogP contribution is 2.16. The average Bonchev–Trinajstić information content (AvgIpc) is 2.48. The molecule has 2 N–H and O–H groups in total. The van der Waals surface area contributed by atoms with Crippen LogP contribution in [-0.2, 0) is 0 Å². The van der Waals surface area contributed by atoms with Crippen LogP contribution in [0.1, 0.15) is 0 Å². The smallest absolute Gasteiger partial charge is 0.225 e. The first-order valence-electron chi connectivity index (χ1n) is 4.29. The molecule has 1 aliphatic rings. The van der Waals surface area contributed by atoms with Gasteiger partial charge < -0.3 is 10.6 Å². The second-order valence-corrected chi connectivity index (χ2v) is 3.29. The van der Waals surface area contributed by atoms with Crippen LogP contribution >= 0.6 is 0 Å². The summed E-state index contributed by atoms with van der Waals surface area (Å²) < 4.78 is 25.5. The fourth-order valence-corrected chi connectivity index (χ4v) is 1.42. The van der Waals surface area contributed by atoms with Crippen LogP contribution in [0.15, 0.2) is 12.4 Å². The fraction of sp³-hybridized carbons (Fsp3) is 0.500. The van der Waals surface area contributed by atoms with Crippen molar-refractivity contribution in [2.45, 2.75) is 12.2 Å². The number of hydrogen-bond donors (Lipinski definition) is 1. The maximum Gasteiger partial charge on any atom is 0.225 e. The monoisotopic (exact) mass is 200 g/mol. The Morgan fingerprint density at radius 2 is 2.00 bits per heavy atom. The Morgan fingerprint density at radius 1 is 1.36 bits per heavy atom. The fourth-order valence-electron chi connectivity index (χ4n) is 1.42. The zero-order valence-corrected chi connectivity index (χ0v) is 7.40. The first kappa shape index (κ1) is 9.26. The van der Waals surface area contributed by atoms with Crippen LogP contribution in [0.2, 0.25) is 0 Å². The Balaban J connectivity index is 2.13. The maximum absolute atomic E-state index is 13.0. The quantitative estimate of drug-likeness (QED) is 0.698. The molecule has 0 unspecified atom stereocenters. The highest BCUT2D eigenvalue weighted by Gasteiger charge is 2.31. The van der Waals surface area contributed by atoms with Crippen LogP contribution in [0.4, 0.5) is 14.7 Å². The van der Waals surface area contributed by atoms with E-state index in [2.05, 4.69) is 9.97 Å². The van der Waals surface area contributed by atoms with Crippen molar-refractivity contribution in [1.82, 2.24) is 9.97 Å². The van der Waals surface area contributed by atoms with E-state index in [1.165, 1.54) is 0 Å². The van der Waals surface area contributed by atoms with Gasteiger partial charge in [0.2, 0.25) is 5.95 Å². The number of halogens is 2. The summed E-state index contributed by atoms with van der Waals surface area (Å²) >= 11 is 0. The minimum absolute atomic E-state index is 0.173. The van der Waals surface area contributed by atoms with Crippen LogP contribution in [0, 0.1) is 5.82 Å². The maximum atomic E-state index is 13.0. The summed E-state index contributed by atoms with van der Waals surface area (Å²) in [4.78, 5) is 9.10. The number of rotatable bonds is 1. The molecule has 1 aliphatic heterocycles. The van der Waals surface area contributed by atoms with E-state index >= 15 is 0 Å². The van der Waals surface area contributed by atoms with Gasteiger partial charge in [0.15, 0.2) is 5.82 Å². The van der Waals surface area contributed by atoms with Crippen molar-refractivity contribution in [3.63, 3.8) is 0 Å². The molecule has 0 spiro atoms. The lowest BCUT2D eigenvalue weighted by atomic mass is 10.3. The van der Waals surface area contributed by atoms with E-state index in [4.69, 9.17) is 5.73 Å². The number of hydrogen-bond acceptors (Lipinski definition) is 4. The number of alkyl halides is 1. The first-order chi connectivity index (χ1) is 6.66. The first-order valence-corrected chi connectivity index (χ1v) is 4.29.